The monoisotopic (exact) mass is 204 g/mol. The molecule has 0 spiro atoms. The van der Waals surface area contributed by atoms with Crippen molar-refractivity contribution in [1.29, 1.82) is 0 Å². The lowest BCUT2D eigenvalue weighted by Gasteiger charge is -1.98. The molecular formula is C12H12O3. The van der Waals surface area contributed by atoms with E-state index in [9.17, 15) is 9.59 Å². The van der Waals surface area contributed by atoms with Gasteiger partial charge in [0.1, 0.15) is 0 Å². The van der Waals surface area contributed by atoms with Crippen molar-refractivity contribution in [2.75, 3.05) is 7.11 Å². The Bertz CT molecular complexity index is 388. The van der Waals surface area contributed by atoms with Crippen molar-refractivity contribution in [1.82, 2.24) is 0 Å². The summed E-state index contributed by atoms with van der Waals surface area (Å²) in [5, 5.41) is 0. The number of methoxy groups -OCH3 is 1. The first-order valence-electron chi connectivity index (χ1n) is 4.50. The van der Waals surface area contributed by atoms with Gasteiger partial charge in [0.2, 0.25) is 0 Å². The molecule has 0 radical (unpaired) electrons. The lowest BCUT2D eigenvalue weighted by Crippen LogP contribution is -2.00. The van der Waals surface area contributed by atoms with Crippen LogP contribution in [0, 0.1) is 0 Å². The third kappa shape index (κ3) is 3.38. The molecule has 0 atom stereocenters. The molecule has 1 rings (SSSR count). The van der Waals surface area contributed by atoms with Gasteiger partial charge in [0.05, 0.1) is 12.7 Å². The van der Waals surface area contributed by atoms with Crippen molar-refractivity contribution in [3.8, 4) is 0 Å². The highest BCUT2D eigenvalue weighted by Crippen LogP contribution is 2.07. The minimum atomic E-state index is -0.364. The number of esters is 1. The van der Waals surface area contributed by atoms with E-state index in [0.29, 0.717) is 5.56 Å². The smallest absolute Gasteiger partial charge is 0.337 e. The number of carbonyl (C=O) groups is 2. The first kappa shape index (κ1) is 11.2. The number of ether oxygens (including phenoxy) is 1. The highest BCUT2D eigenvalue weighted by molar-refractivity contribution is 5.92. The molecule has 0 unspecified atom stereocenters. The zero-order chi connectivity index (χ0) is 11.3. The van der Waals surface area contributed by atoms with Crippen LogP contribution in [0.3, 0.4) is 0 Å². The molecule has 0 bridgehead atoms. The van der Waals surface area contributed by atoms with E-state index in [1.807, 2.05) is 0 Å². The summed E-state index contributed by atoms with van der Waals surface area (Å²) in [5.74, 6) is -0.371. The Labute approximate surface area is 88.4 Å². The van der Waals surface area contributed by atoms with Crippen molar-refractivity contribution in [3.63, 3.8) is 0 Å². The van der Waals surface area contributed by atoms with Gasteiger partial charge in [0.25, 0.3) is 0 Å². The number of hydrogen-bond acceptors (Lipinski definition) is 3. The van der Waals surface area contributed by atoms with Crippen LogP contribution in [0.2, 0.25) is 0 Å². The minimum absolute atomic E-state index is 0.00737. The molecule has 0 N–H and O–H groups in total. The molecule has 0 aliphatic carbocycles. The number of ketones is 1. The Morgan fingerprint density at radius 3 is 2.27 bits per heavy atom. The second kappa shape index (κ2) is 5.10. The summed E-state index contributed by atoms with van der Waals surface area (Å²) in [6, 6.07) is 6.83. The van der Waals surface area contributed by atoms with Crippen LogP contribution in [0.1, 0.15) is 22.8 Å². The summed E-state index contributed by atoms with van der Waals surface area (Å²) in [4.78, 5) is 21.8. The number of allylic oxidation sites excluding steroid dienone is 1. The number of rotatable bonds is 3. The van der Waals surface area contributed by atoms with E-state index in [-0.39, 0.29) is 11.8 Å². The van der Waals surface area contributed by atoms with Gasteiger partial charge in [-0.2, -0.15) is 0 Å². The van der Waals surface area contributed by atoms with Gasteiger partial charge in [-0.05, 0) is 30.7 Å². The van der Waals surface area contributed by atoms with Crippen LogP contribution < -0.4 is 0 Å². The third-order valence-electron chi connectivity index (χ3n) is 1.84. The van der Waals surface area contributed by atoms with Gasteiger partial charge in [-0.25, -0.2) is 4.79 Å². The summed E-state index contributed by atoms with van der Waals surface area (Å²) < 4.78 is 4.56. The maximum absolute atomic E-state index is 11.1. The van der Waals surface area contributed by atoms with Crippen molar-refractivity contribution >= 4 is 17.8 Å². The van der Waals surface area contributed by atoms with Gasteiger partial charge < -0.3 is 4.74 Å². The van der Waals surface area contributed by atoms with E-state index in [1.165, 1.54) is 20.1 Å². The molecule has 15 heavy (non-hydrogen) atoms. The van der Waals surface area contributed by atoms with Gasteiger partial charge >= 0.3 is 5.97 Å². The van der Waals surface area contributed by atoms with Gasteiger partial charge in [-0.1, -0.05) is 18.2 Å². The predicted molar refractivity (Wildman–Crippen MR) is 57.5 cm³/mol. The standard InChI is InChI=1S/C12H12O3/c1-9(13)3-4-10-5-7-11(8-6-10)12(14)15-2/h3-8H,1-2H3/b4-3-. The van der Waals surface area contributed by atoms with E-state index in [0.717, 1.165) is 5.56 Å². The molecular weight excluding hydrogens is 192 g/mol. The molecule has 0 fully saturated rings. The van der Waals surface area contributed by atoms with Crippen molar-refractivity contribution in [2.24, 2.45) is 0 Å². The lowest BCUT2D eigenvalue weighted by atomic mass is 10.1. The minimum Gasteiger partial charge on any atom is -0.465 e. The van der Waals surface area contributed by atoms with Crippen LogP contribution in [-0.4, -0.2) is 18.9 Å². The first-order valence-corrected chi connectivity index (χ1v) is 4.50. The Kier molecular flexibility index (Phi) is 3.80. The second-order valence-corrected chi connectivity index (χ2v) is 3.06. The average molecular weight is 204 g/mol. The number of benzene rings is 1. The maximum Gasteiger partial charge on any atom is 0.337 e. The number of hydrogen-bond donors (Lipinski definition) is 0. The first-order chi connectivity index (χ1) is 7.13. The Morgan fingerprint density at radius 1 is 1.20 bits per heavy atom. The lowest BCUT2D eigenvalue weighted by molar-refractivity contribution is -0.112. The van der Waals surface area contributed by atoms with E-state index < -0.39 is 0 Å². The van der Waals surface area contributed by atoms with E-state index in [1.54, 1.807) is 30.3 Å². The third-order valence-corrected chi connectivity index (χ3v) is 1.84. The quantitative estimate of drug-likeness (QED) is 0.559. The van der Waals surface area contributed by atoms with Crippen molar-refractivity contribution in [2.45, 2.75) is 6.92 Å². The number of carbonyl (C=O) groups excluding carboxylic acids is 2. The summed E-state index contributed by atoms with van der Waals surface area (Å²) in [6.07, 6.45) is 3.18. The van der Waals surface area contributed by atoms with E-state index >= 15 is 0 Å². The average Bonchev–Trinajstić information content (AvgIpc) is 2.26. The Morgan fingerprint density at radius 2 is 1.80 bits per heavy atom. The summed E-state index contributed by atoms with van der Waals surface area (Å²) in [6.45, 7) is 1.49. The topological polar surface area (TPSA) is 43.4 Å². The molecule has 78 valence electrons. The summed E-state index contributed by atoms with van der Waals surface area (Å²) in [5.41, 5.74) is 1.37. The van der Waals surface area contributed by atoms with Gasteiger partial charge in [0.15, 0.2) is 5.78 Å². The van der Waals surface area contributed by atoms with Crippen molar-refractivity contribution < 1.29 is 14.3 Å². The molecule has 0 aromatic heterocycles. The molecule has 0 aliphatic rings. The van der Waals surface area contributed by atoms with Crippen LogP contribution in [0.15, 0.2) is 30.3 Å². The fourth-order valence-electron chi connectivity index (χ4n) is 1.06. The highest BCUT2D eigenvalue weighted by Gasteiger charge is 2.02. The Hall–Kier alpha value is -1.90. The van der Waals surface area contributed by atoms with Crippen LogP contribution in [0.25, 0.3) is 6.08 Å². The fourth-order valence-corrected chi connectivity index (χ4v) is 1.06. The van der Waals surface area contributed by atoms with E-state index in [2.05, 4.69) is 4.74 Å². The molecule has 0 aliphatic heterocycles. The molecule has 3 heteroatoms. The SMILES string of the molecule is COC(=O)c1ccc(/C=C\C(C)=O)cc1. The van der Waals surface area contributed by atoms with Crippen LogP contribution in [0.4, 0.5) is 0 Å². The second-order valence-electron chi connectivity index (χ2n) is 3.06. The maximum atomic E-state index is 11.1. The van der Waals surface area contributed by atoms with Crippen LogP contribution in [-0.2, 0) is 9.53 Å². The Balaban J connectivity index is 2.81. The zero-order valence-corrected chi connectivity index (χ0v) is 8.69. The van der Waals surface area contributed by atoms with Crippen molar-refractivity contribution in [3.05, 3.63) is 41.5 Å². The largest absolute Gasteiger partial charge is 0.465 e. The predicted octanol–water partition coefficient (Wildman–Crippen LogP) is 2.08. The molecule has 3 nitrogen and oxygen atoms in total. The van der Waals surface area contributed by atoms with Gasteiger partial charge in [0, 0.05) is 0 Å². The zero-order valence-electron chi connectivity index (χ0n) is 8.69. The molecule has 0 saturated carbocycles. The molecule has 1 aromatic carbocycles. The van der Waals surface area contributed by atoms with Crippen LogP contribution in [0.5, 0.6) is 0 Å². The van der Waals surface area contributed by atoms with Crippen LogP contribution >= 0.6 is 0 Å². The molecule has 0 saturated heterocycles. The summed E-state index contributed by atoms with van der Waals surface area (Å²) >= 11 is 0. The summed E-state index contributed by atoms with van der Waals surface area (Å²) in [7, 11) is 1.34. The highest BCUT2D eigenvalue weighted by atomic mass is 16.5. The van der Waals surface area contributed by atoms with Gasteiger partial charge in [-0.3, -0.25) is 4.79 Å². The molecule has 0 amide bonds. The fraction of sp³-hybridized carbons (Fsp3) is 0.167. The normalized spacial score (nSPS) is 10.3. The van der Waals surface area contributed by atoms with E-state index in [4.69, 9.17) is 0 Å². The van der Waals surface area contributed by atoms with Gasteiger partial charge in [-0.15, -0.1) is 0 Å². The molecule has 0 heterocycles. The molecule has 1 aromatic rings.